The average Bonchev–Trinajstić information content (AvgIpc) is 3.11. The van der Waals surface area contributed by atoms with Gasteiger partial charge in [-0.05, 0) is 49.2 Å². The lowest BCUT2D eigenvalue weighted by molar-refractivity contribution is 0.102. The molecule has 1 aliphatic rings. The largest absolute Gasteiger partial charge is 0.322 e. The van der Waals surface area contributed by atoms with E-state index in [0.717, 1.165) is 25.0 Å². The second-order valence-electron chi connectivity index (χ2n) is 5.83. The van der Waals surface area contributed by atoms with Gasteiger partial charge in [-0.2, -0.15) is 4.31 Å². The van der Waals surface area contributed by atoms with Crippen molar-refractivity contribution in [2.24, 2.45) is 0 Å². The van der Waals surface area contributed by atoms with Crippen molar-refractivity contribution in [1.29, 1.82) is 0 Å². The summed E-state index contributed by atoms with van der Waals surface area (Å²) < 4.78 is 39.9. The number of rotatable bonds is 4. The minimum absolute atomic E-state index is 0.0404. The van der Waals surface area contributed by atoms with Gasteiger partial charge in [0.25, 0.3) is 5.91 Å². The van der Waals surface area contributed by atoms with Gasteiger partial charge in [0.15, 0.2) is 0 Å². The number of nitrogens with zero attached hydrogens (tertiary/aromatic N) is 1. The average molecular weight is 417 g/mol. The molecule has 0 radical (unpaired) electrons. The molecule has 1 N–H and O–H groups in total. The van der Waals surface area contributed by atoms with Gasteiger partial charge >= 0.3 is 0 Å². The summed E-state index contributed by atoms with van der Waals surface area (Å²) in [5.41, 5.74) is 0.324. The van der Waals surface area contributed by atoms with Crippen LogP contribution in [0.5, 0.6) is 0 Å². The summed E-state index contributed by atoms with van der Waals surface area (Å²) in [6, 6.07) is 7.61. The lowest BCUT2D eigenvalue weighted by Gasteiger charge is -2.17. The van der Waals surface area contributed by atoms with Gasteiger partial charge in [-0.25, -0.2) is 12.8 Å². The minimum Gasteiger partial charge on any atom is -0.322 e. The van der Waals surface area contributed by atoms with Gasteiger partial charge in [0.1, 0.15) is 10.7 Å². The Labute approximate surface area is 160 Å². The topological polar surface area (TPSA) is 66.5 Å². The molecule has 2 aromatic rings. The second-order valence-corrected chi connectivity index (χ2v) is 8.56. The first kappa shape index (κ1) is 19.1. The van der Waals surface area contributed by atoms with Gasteiger partial charge in [-0.15, -0.1) is 0 Å². The molecule has 5 nitrogen and oxygen atoms in total. The molecule has 0 saturated carbocycles. The fourth-order valence-corrected chi connectivity index (χ4v) is 4.99. The van der Waals surface area contributed by atoms with Crippen LogP contribution >= 0.6 is 23.2 Å². The lowest BCUT2D eigenvalue weighted by Crippen LogP contribution is -2.28. The monoisotopic (exact) mass is 416 g/mol. The quantitative estimate of drug-likeness (QED) is 0.812. The number of sulfonamides is 1. The predicted octanol–water partition coefficient (Wildman–Crippen LogP) is 4.17. The third kappa shape index (κ3) is 3.86. The fourth-order valence-electron chi connectivity index (χ4n) is 2.72. The van der Waals surface area contributed by atoms with E-state index in [9.17, 15) is 17.6 Å². The van der Waals surface area contributed by atoms with Crippen molar-refractivity contribution >= 4 is 44.8 Å². The van der Waals surface area contributed by atoms with Crippen LogP contribution in [0, 0.1) is 5.82 Å². The molecule has 2 aromatic carbocycles. The summed E-state index contributed by atoms with van der Waals surface area (Å²) in [4.78, 5) is 12.3. The van der Waals surface area contributed by atoms with E-state index in [1.807, 2.05) is 0 Å². The number of hydrogen-bond acceptors (Lipinski definition) is 3. The first-order chi connectivity index (χ1) is 12.3. The Morgan fingerprint density at radius 1 is 1.04 bits per heavy atom. The van der Waals surface area contributed by atoms with Gasteiger partial charge < -0.3 is 5.32 Å². The second kappa shape index (κ2) is 7.52. The van der Waals surface area contributed by atoms with Gasteiger partial charge in [-0.3, -0.25) is 4.79 Å². The van der Waals surface area contributed by atoms with Crippen LogP contribution in [0.4, 0.5) is 10.1 Å². The highest BCUT2D eigenvalue weighted by molar-refractivity contribution is 7.89. The molecule has 9 heteroatoms. The maximum Gasteiger partial charge on any atom is 0.257 e. The molecular formula is C17H15Cl2FN2O3S. The van der Waals surface area contributed by atoms with Crippen molar-refractivity contribution in [3.8, 4) is 0 Å². The Hall–Kier alpha value is -1.67. The van der Waals surface area contributed by atoms with E-state index in [1.54, 1.807) is 0 Å². The predicted molar refractivity (Wildman–Crippen MR) is 98.8 cm³/mol. The molecule has 0 spiro atoms. The first-order valence-electron chi connectivity index (χ1n) is 7.85. The molecule has 3 rings (SSSR count). The smallest absolute Gasteiger partial charge is 0.257 e. The number of hydrogen-bond donors (Lipinski definition) is 1. The highest BCUT2D eigenvalue weighted by atomic mass is 35.5. The van der Waals surface area contributed by atoms with E-state index in [0.29, 0.717) is 13.1 Å². The molecule has 1 saturated heterocycles. The number of anilines is 1. The Balaban J connectivity index is 1.89. The molecule has 0 atom stereocenters. The van der Waals surface area contributed by atoms with Crippen LogP contribution in [0.25, 0.3) is 0 Å². The standard InChI is InChI=1S/C17H15Cl2FN2O3S/c18-14-6-4-12(10-16(14)26(24,25)22-7-1-2-8-22)21-17(23)13-5-3-11(20)9-15(13)19/h3-6,9-10H,1-2,7-8H2,(H,21,23). The molecule has 1 amide bonds. The van der Waals surface area contributed by atoms with Crippen LogP contribution in [0.1, 0.15) is 23.2 Å². The number of halogens is 3. The number of nitrogens with one attached hydrogen (secondary N) is 1. The zero-order chi connectivity index (χ0) is 18.9. The van der Waals surface area contributed by atoms with Gasteiger partial charge in [0, 0.05) is 18.8 Å². The molecule has 1 fully saturated rings. The molecule has 138 valence electrons. The fraction of sp³-hybridized carbons (Fsp3) is 0.235. The Morgan fingerprint density at radius 3 is 2.38 bits per heavy atom. The van der Waals surface area contributed by atoms with Gasteiger partial charge in [-0.1, -0.05) is 23.2 Å². The molecule has 1 heterocycles. The van der Waals surface area contributed by atoms with Crippen LogP contribution in [-0.4, -0.2) is 31.7 Å². The molecule has 0 bridgehead atoms. The van der Waals surface area contributed by atoms with Crippen molar-refractivity contribution in [2.75, 3.05) is 18.4 Å². The van der Waals surface area contributed by atoms with Gasteiger partial charge in [0.2, 0.25) is 10.0 Å². The van der Waals surface area contributed by atoms with E-state index in [1.165, 1.54) is 28.6 Å². The highest BCUT2D eigenvalue weighted by Crippen LogP contribution is 2.30. The summed E-state index contributed by atoms with van der Waals surface area (Å²) >= 11 is 12.0. The van der Waals surface area contributed by atoms with Crippen LogP contribution < -0.4 is 5.32 Å². The summed E-state index contributed by atoms with van der Waals surface area (Å²) in [5.74, 6) is -1.14. The maximum atomic E-state index is 13.1. The van der Waals surface area contributed by atoms with E-state index < -0.39 is 21.7 Å². The number of amides is 1. The Morgan fingerprint density at radius 2 is 1.73 bits per heavy atom. The zero-order valence-corrected chi connectivity index (χ0v) is 15.8. The third-order valence-electron chi connectivity index (χ3n) is 4.05. The minimum atomic E-state index is -3.73. The number of benzene rings is 2. The van der Waals surface area contributed by atoms with Crippen molar-refractivity contribution in [2.45, 2.75) is 17.7 Å². The Bertz CT molecular complexity index is 960. The summed E-state index contributed by atoms with van der Waals surface area (Å²) in [7, 11) is -3.73. The first-order valence-corrected chi connectivity index (χ1v) is 10.0. The molecular weight excluding hydrogens is 402 g/mol. The van der Waals surface area contributed by atoms with Crippen molar-refractivity contribution in [3.63, 3.8) is 0 Å². The van der Waals surface area contributed by atoms with Crippen LogP contribution in [0.3, 0.4) is 0 Å². The van der Waals surface area contributed by atoms with E-state index in [4.69, 9.17) is 23.2 Å². The van der Waals surface area contributed by atoms with E-state index >= 15 is 0 Å². The van der Waals surface area contributed by atoms with E-state index in [-0.39, 0.29) is 26.2 Å². The maximum absolute atomic E-state index is 13.1. The van der Waals surface area contributed by atoms with Crippen molar-refractivity contribution in [1.82, 2.24) is 4.31 Å². The van der Waals surface area contributed by atoms with Crippen molar-refractivity contribution in [3.05, 3.63) is 57.8 Å². The molecule has 0 aliphatic carbocycles. The van der Waals surface area contributed by atoms with Gasteiger partial charge in [0.05, 0.1) is 15.6 Å². The zero-order valence-electron chi connectivity index (χ0n) is 13.5. The summed E-state index contributed by atoms with van der Waals surface area (Å²) in [6.07, 6.45) is 1.60. The SMILES string of the molecule is O=C(Nc1ccc(Cl)c(S(=O)(=O)N2CCCC2)c1)c1ccc(F)cc1Cl. The normalized spacial score (nSPS) is 15.2. The highest BCUT2D eigenvalue weighted by Gasteiger charge is 2.29. The number of carbonyl (C=O) groups is 1. The molecule has 1 aliphatic heterocycles. The molecule has 0 unspecified atom stereocenters. The molecule has 26 heavy (non-hydrogen) atoms. The Kier molecular flexibility index (Phi) is 5.53. The van der Waals surface area contributed by atoms with Crippen LogP contribution in [0.15, 0.2) is 41.3 Å². The number of carbonyl (C=O) groups excluding carboxylic acids is 1. The third-order valence-corrected chi connectivity index (χ3v) is 6.74. The lowest BCUT2D eigenvalue weighted by atomic mass is 10.2. The molecule has 0 aromatic heterocycles. The van der Waals surface area contributed by atoms with Crippen LogP contribution in [-0.2, 0) is 10.0 Å². The van der Waals surface area contributed by atoms with Crippen molar-refractivity contribution < 1.29 is 17.6 Å². The summed E-state index contributed by atoms with van der Waals surface area (Å²) in [5, 5.41) is 2.60. The summed E-state index contributed by atoms with van der Waals surface area (Å²) in [6.45, 7) is 0.890. The van der Waals surface area contributed by atoms with Crippen LogP contribution in [0.2, 0.25) is 10.0 Å². The van der Waals surface area contributed by atoms with E-state index in [2.05, 4.69) is 5.32 Å².